The molecular weight excluding hydrogens is 306 g/mol. The van der Waals surface area contributed by atoms with E-state index < -0.39 is 0 Å². The minimum atomic E-state index is -0.0116. The Kier molecular flexibility index (Phi) is 6.08. The number of nitrogens with one attached hydrogen (secondary N) is 1. The third kappa shape index (κ3) is 5.06. The summed E-state index contributed by atoms with van der Waals surface area (Å²) >= 11 is 7.34. The zero-order valence-electron chi connectivity index (χ0n) is 11.9. The van der Waals surface area contributed by atoms with Crippen LogP contribution in [0, 0.1) is 0 Å². The first kappa shape index (κ1) is 15.9. The molecule has 0 saturated heterocycles. The van der Waals surface area contributed by atoms with Crippen molar-refractivity contribution in [2.24, 2.45) is 0 Å². The van der Waals surface area contributed by atoms with Crippen LogP contribution < -0.4 is 10.1 Å². The Morgan fingerprint density at radius 1 is 1.38 bits per heavy atom. The molecule has 0 bridgehead atoms. The molecule has 112 valence electrons. The predicted molar refractivity (Wildman–Crippen MR) is 87.3 cm³/mol. The summed E-state index contributed by atoms with van der Waals surface area (Å²) in [5.41, 5.74) is 0.987. The highest BCUT2D eigenvalue weighted by Crippen LogP contribution is 2.20. The van der Waals surface area contributed by atoms with Gasteiger partial charge in [-0.2, -0.15) is 0 Å². The Morgan fingerprint density at radius 3 is 3.00 bits per heavy atom. The van der Waals surface area contributed by atoms with E-state index >= 15 is 0 Å². The summed E-state index contributed by atoms with van der Waals surface area (Å²) in [7, 11) is 0. The highest BCUT2D eigenvalue weighted by Gasteiger charge is 2.08. The highest BCUT2D eigenvalue weighted by molar-refractivity contribution is 7.12. The number of unbranched alkanes of at least 4 members (excludes halogenated alkanes) is 1. The van der Waals surface area contributed by atoms with Gasteiger partial charge >= 0.3 is 0 Å². The Balaban J connectivity index is 1.86. The van der Waals surface area contributed by atoms with Gasteiger partial charge in [0, 0.05) is 17.1 Å². The van der Waals surface area contributed by atoms with Crippen molar-refractivity contribution in [1.82, 2.24) is 5.32 Å². The average molecular weight is 324 g/mol. The maximum Gasteiger partial charge on any atom is 0.261 e. The molecule has 0 aliphatic carbocycles. The lowest BCUT2D eigenvalue weighted by molar-refractivity contribution is 0.0957. The summed E-state index contributed by atoms with van der Waals surface area (Å²) in [4.78, 5) is 12.6. The van der Waals surface area contributed by atoms with Crippen molar-refractivity contribution in [2.45, 2.75) is 26.4 Å². The number of amides is 1. The van der Waals surface area contributed by atoms with Crippen LogP contribution in [-0.2, 0) is 6.61 Å². The van der Waals surface area contributed by atoms with Crippen molar-refractivity contribution >= 4 is 28.8 Å². The minimum absolute atomic E-state index is 0.0116. The molecule has 0 fully saturated rings. The van der Waals surface area contributed by atoms with E-state index in [1.807, 2.05) is 23.6 Å². The molecule has 0 radical (unpaired) electrons. The zero-order valence-corrected chi connectivity index (χ0v) is 13.5. The lowest BCUT2D eigenvalue weighted by Gasteiger charge is -2.04. The number of rotatable bonds is 7. The molecule has 0 aliphatic rings. The molecule has 21 heavy (non-hydrogen) atoms. The van der Waals surface area contributed by atoms with Gasteiger partial charge < -0.3 is 10.1 Å². The van der Waals surface area contributed by atoms with Crippen molar-refractivity contribution in [1.29, 1.82) is 0 Å². The van der Waals surface area contributed by atoms with E-state index in [2.05, 4.69) is 12.2 Å². The SMILES string of the molecule is CCCCNC(=O)c1cc(COc2cccc(Cl)c2)cs1. The number of hydrogen-bond acceptors (Lipinski definition) is 3. The summed E-state index contributed by atoms with van der Waals surface area (Å²) in [6.45, 7) is 3.25. The molecular formula is C16H18ClNO2S. The molecule has 0 atom stereocenters. The summed E-state index contributed by atoms with van der Waals surface area (Å²) in [6, 6.07) is 9.15. The van der Waals surface area contributed by atoms with E-state index in [0.717, 1.165) is 35.6 Å². The second kappa shape index (κ2) is 8.05. The van der Waals surface area contributed by atoms with Crippen LogP contribution in [0.5, 0.6) is 5.75 Å². The lowest BCUT2D eigenvalue weighted by Crippen LogP contribution is -2.23. The molecule has 3 nitrogen and oxygen atoms in total. The maximum absolute atomic E-state index is 11.9. The minimum Gasteiger partial charge on any atom is -0.489 e. The van der Waals surface area contributed by atoms with Crippen LogP contribution in [0.2, 0.25) is 5.02 Å². The molecule has 1 heterocycles. The van der Waals surface area contributed by atoms with Gasteiger partial charge in [0.15, 0.2) is 0 Å². The first-order valence-electron chi connectivity index (χ1n) is 6.93. The number of thiophene rings is 1. The van der Waals surface area contributed by atoms with Crippen molar-refractivity contribution in [3.63, 3.8) is 0 Å². The molecule has 2 rings (SSSR count). The molecule has 1 aromatic heterocycles. The van der Waals surface area contributed by atoms with Gasteiger partial charge in [-0.15, -0.1) is 11.3 Å². The van der Waals surface area contributed by atoms with Gasteiger partial charge in [0.05, 0.1) is 4.88 Å². The van der Waals surface area contributed by atoms with Gasteiger partial charge in [-0.3, -0.25) is 4.79 Å². The van der Waals surface area contributed by atoms with Gasteiger partial charge in [0.2, 0.25) is 0 Å². The third-order valence-corrected chi connectivity index (χ3v) is 4.11. The summed E-state index contributed by atoms with van der Waals surface area (Å²) < 4.78 is 5.66. The van der Waals surface area contributed by atoms with E-state index in [0.29, 0.717) is 11.6 Å². The standard InChI is InChI=1S/C16H18ClNO2S/c1-2-3-7-18-16(19)15-8-12(11-21-15)10-20-14-6-4-5-13(17)9-14/h4-6,8-9,11H,2-3,7,10H2,1H3,(H,18,19). The van der Waals surface area contributed by atoms with Crippen molar-refractivity contribution in [3.05, 3.63) is 51.2 Å². The van der Waals surface area contributed by atoms with Crippen LogP contribution in [-0.4, -0.2) is 12.5 Å². The largest absolute Gasteiger partial charge is 0.489 e. The zero-order chi connectivity index (χ0) is 15.1. The first-order valence-corrected chi connectivity index (χ1v) is 8.18. The Hall–Kier alpha value is -1.52. The Morgan fingerprint density at radius 2 is 2.24 bits per heavy atom. The first-order chi connectivity index (χ1) is 10.2. The van der Waals surface area contributed by atoms with Crippen molar-refractivity contribution in [3.8, 4) is 5.75 Å². The van der Waals surface area contributed by atoms with Gasteiger partial charge in [0.25, 0.3) is 5.91 Å². The monoisotopic (exact) mass is 323 g/mol. The van der Waals surface area contributed by atoms with Crippen LogP contribution in [0.25, 0.3) is 0 Å². The fourth-order valence-corrected chi connectivity index (χ4v) is 2.75. The van der Waals surface area contributed by atoms with E-state index in [1.165, 1.54) is 11.3 Å². The molecule has 1 N–H and O–H groups in total. The summed E-state index contributed by atoms with van der Waals surface area (Å²) in [6.07, 6.45) is 2.07. The molecule has 0 spiro atoms. The highest BCUT2D eigenvalue weighted by atomic mass is 35.5. The quantitative estimate of drug-likeness (QED) is 0.761. The van der Waals surface area contributed by atoms with E-state index in [1.54, 1.807) is 12.1 Å². The van der Waals surface area contributed by atoms with Crippen molar-refractivity contribution < 1.29 is 9.53 Å². The Bertz CT molecular complexity index is 597. The number of hydrogen-bond donors (Lipinski definition) is 1. The summed E-state index contributed by atoms with van der Waals surface area (Å²) in [5.74, 6) is 0.713. The molecule has 1 amide bonds. The van der Waals surface area contributed by atoms with Crippen LogP contribution in [0.15, 0.2) is 35.7 Å². The average Bonchev–Trinajstić information content (AvgIpc) is 2.94. The molecule has 0 unspecified atom stereocenters. The fraction of sp³-hybridized carbons (Fsp3) is 0.312. The molecule has 1 aromatic carbocycles. The second-order valence-electron chi connectivity index (χ2n) is 4.67. The van der Waals surface area contributed by atoms with Crippen LogP contribution in [0.1, 0.15) is 35.0 Å². The van der Waals surface area contributed by atoms with Crippen LogP contribution in [0.4, 0.5) is 0 Å². The lowest BCUT2D eigenvalue weighted by atomic mass is 10.3. The number of benzene rings is 1. The smallest absolute Gasteiger partial charge is 0.261 e. The fourth-order valence-electron chi connectivity index (χ4n) is 1.76. The van der Waals surface area contributed by atoms with E-state index in [9.17, 15) is 4.79 Å². The van der Waals surface area contributed by atoms with Crippen LogP contribution >= 0.6 is 22.9 Å². The maximum atomic E-state index is 11.9. The molecule has 0 saturated carbocycles. The number of carbonyl (C=O) groups excluding carboxylic acids is 1. The van der Waals surface area contributed by atoms with Gasteiger partial charge in [-0.25, -0.2) is 0 Å². The predicted octanol–water partition coefficient (Wildman–Crippen LogP) is 4.51. The second-order valence-corrected chi connectivity index (χ2v) is 6.02. The van der Waals surface area contributed by atoms with Gasteiger partial charge in [-0.05, 0) is 36.1 Å². The van der Waals surface area contributed by atoms with Gasteiger partial charge in [-0.1, -0.05) is 31.0 Å². The number of carbonyl (C=O) groups is 1. The van der Waals surface area contributed by atoms with E-state index in [4.69, 9.17) is 16.3 Å². The topological polar surface area (TPSA) is 38.3 Å². The third-order valence-electron chi connectivity index (χ3n) is 2.90. The van der Waals surface area contributed by atoms with E-state index in [-0.39, 0.29) is 5.91 Å². The molecule has 5 heteroatoms. The normalized spacial score (nSPS) is 10.4. The molecule has 0 aliphatic heterocycles. The Labute approximate surface area is 133 Å². The van der Waals surface area contributed by atoms with Crippen LogP contribution in [0.3, 0.4) is 0 Å². The number of ether oxygens (including phenoxy) is 1. The summed E-state index contributed by atoms with van der Waals surface area (Å²) in [5, 5.41) is 5.50. The van der Waals surface area contributed by atoms with Gasteiger partial charge in [0.1, 0.15) is 12.4 Å². The molecule has 2 aromatic rings. The van der Waals surface area contributed by atoms with Crippen molar-refractivity contribution in [2.75, 3.05) is 6.54 Å². The number of halogens is 1.